The van der Waals surface area contributed by atoms with E-state index >= 15 is 0 Å². The second kappa shape index (κ2) is 5.57. The molecule has 0 radical (unpaired) electrons. The molecule has 8 heavy (non-hydrogen) atoms. The Hall–Kier alpha value is 0.434. The Morgan fingerprint density at radius 1 is 1.62 bits per heavy atom. The number of hydrogen-bond donors (Lipinski definition) is 0. The van der Waals surface area contributed by atoms with Crippen LogP contribution in [-0.2, 0) is 0 Å². The van der Waals surface area contributed by atoms with E-state index < -0.39 is 0 Å². The third-order valence-corrected chi connectivity index (χ3v) is 6.55. The van der Waals surface area contributed by atoms with Crippen LogP contribution in [0.4, 0.5) is 0 Å². The molecule has 0 rings (SSSR count). The van der Waals surface area contributed by atoms with Gasteiger partial charge in [-0.1, -0.05) is 37.9 Å². The molecule has 50 valence electrons. The van der Waals surface area contributed by atoms with Gasteiger partial charge in [0.1, 0.15) is 0 Å². The van der Waals surface area contributed by atoms with Gasteiger partial charge in [0, 0.05) is 19.8 Å². The van der Waals surface area contributed by atoms with E-state index in [1.165, 1.54) is 16.7 Å². The first kappa shape index (κ1) is 8.43. The van der Waals surface area contributed by atoms with Gasteiger partial charge in [0.25, 0.3) is 0 Å². The quantitative estimate of drug-likeness (QED) is 0.509. The Bertz CT molecular complexity index is 45.8. The van der Waals surface area contributed by atoms with Crippen LogP contribution in [-0.4, -0.2) is 19.8 Å². The van der Waals surface area contributed by atoms with Crippen molar-refractivity contribution in [3.8, 4) is 0 Å². The largest absolute Gasteiger partial charge is 0.0686 e. The third kappa shape index (κ3) is 4.59. The summed E-state index contributed by atoms with van der Waals surface area (Å²) in [5.74, 6) is 0. The zero-order valence-corrected chi connectivity index (χ0v) is 9.82. The van der Waals surface area contributed by atoms with Crippen LogP contribution in [0.2, 0.25) is 17.6 Å². The highest BCUT2D eigenvalue weighted by molar-refractivity contribution is 6.38. The molecule has 0 fully saturated rings. The molecule has 0 spiro atoms. The molecule has 0 heterocycles. The summed E-state index contributed by atoms with van der Waals surface area (Å²) in [5, 5.41) is 0. The molecule has 0 aliphatic heterocycles. The van der Waals surface area contributed by atoms with Crippen molar-refractivity contribution in [2.24, 2.45) is 0 Å². The first-order chi connectivity index (χ1) is 3.81. The van der Waals surface area contributed by atoms with Crippen molar-refractivity contribution in [1.82, 2.24) is 0 Å². The van der Waals surface area contributed by atoms with Gasteiger partial charge in [-0.05, 0) is 0 Å². The maximum absolute atomic E-state index is 2.41. The van der Waals surface area contributed by atoms with Crippen LogP contribution in [0, 0.1) is 0 Å². The van der Waals surface area contributed by atoms with E-state index in [4.69, 9.17) is 0 Å². The van der Waals surface area contributed by atoms with Crippen LogP contribution in [0.1, 0.15) is 20.3 Å². The molecule has 1 unspecified atom stereocenters. The molecule has 0 bridgehead atoms. The van der Waals surface area contributed by atoms with Crippen molar-refractivity contribution in [2.75, 3.05) is 0 Å². The monoisotopic (exact) mass is 146 g/mol. The van der Waals surface area contributed by atoms with Crippen molar-refractivity contribution in [1.29, 1.82) is 0 Å². The SMILES string of the molecule is CCC(C)[SiH2]CC[SiH3]. The van der Waals surface area contributed by atoms with Gasteiger partial charge < -0.3 is 0 Å². The molecule has 0 aromatic rings. The van der Waals surface area contributed by atoms with Gasteiger partial charge in [-0.3, -0.25) is 0 Å². The predicted molar refractivity (Wildman–Crippen MR) is 47.8 cm³/mol. The van der Waals surface area contributed by atoms with E-state index in [2.05, 4.69) is 13.8 Å². The van der Waals surface area contributed by atoms with E-state index in [0.29, 0.717) is 9.52 Å². The first-order valence-electron chi connectivity index (χ1n) is 3.81. The predicted octanol–water partition coefficient (Wildman–Crippen LogP) is 0.576. The summed E-state index contributed by atoms with van der Waals surface area (Å²) < 4.78 is 0. The fourth-order valence-corrected chi connectivity index (χ4v) is 3.49. The zero-order valence-electron chi connectivity index (χ0n) is 6.41. The molecule has 0 nitrogen and oxygen atoms in total. The van der Waals surface area contributed by atoms with Crippen molar-refractivity contribution >= 4 is 19.8 Å². The molecule has 0 aromatic heterocycles. The van der Waals surface area contributed by atoms with Crippen LogP contribution >= 0.6 is 0 Å². The summed E-state index contributed by atoms with van der Waals surface area (Å²) in [6, 6.07) is 3.16. The maximum atomic E-state index is 2.41. The van der Waals surface area contributed by atoms with E-state index in [-0.39, 0.29) is 0 Å². The summed E-state index contributed by atoms with van der Waals surface area (Å²) in [6.07, 6.45) is 1.42. The molecule has 0 saturated carbocycles. The van der Waals surface area contributed by atoms with Gasteiger partial charge in [0.15, 0.2) is 0 Å². The van der Waals surface area contributed by atoms with Gasteiger partial charge in [-0.25, -0.2) is 0 Å². The van der Waals surface area contributed by atoms with Crippen molar-refractivity contribution in [2.45, 2.75) is 37.9 Å². The topological polar surface area (TPSA) is 0 Å². The molecule has 0 saturated heterocycles. The van der Waals surface area contributed by atoms with Crippen LogP contribution in [0.15, 0.2) is 0 Å². The lowest BCUT2D eigenvalue weighted by atomic mass is 10.4. The molecule has 0 amide bonds. The first-order valence-corrected chi connectivity index (χ1v) is 7.04. The zero-order chi connectivity index (χ0) is 6.41. The molecule has 0 aliphatic carbocycles. The van der Waals surface area contributed by atoms with Gasteiger partial charge in [0.05, 0.1) is 0 Å². The van der Waals surface area contributed by atoms with Crippen molar-refractivity contribution in [3.05, 3.63) is 0 Å². The Labute approximate surface area is 58.3 Å². The van der Waals surface area contributed by atoms with Gasteiger partial charge in [-0.15, -0.1) is 0 Å². The van der Waals surface area contributed by atoms with E-state index in [1.807, 2.05) is 0 Å². The highest BCUT2D eigenvalue weighted by Crippen LogP contribution is 2.07. The molecule has 0 aromatic carbocycles. The van der Waals surface area contributed by atoms with Gasteiger partial charge >= 0.3 is 0 Å². The minimum Gasteiger partial charge on any atom is -0.0686 e. The van der Waals surface area contributed by atoms with Crippen LogP contribution in [0.5, 0.6) is 0 Å². The van der Waals surface area contributed by atoms with E-state index in [9.17, 15) is 0 Å². The Morgan fingerprint density at radius 3 is 2.62 bits per heavy atom. The maximum Gasteiger partial charge on any atom is 0.0225 e. The van der Waals surface area contributed by atoms with Crippen LogP contribution in [0.25, 0.3) is 0 Å². The minimum absolute atomic E-state index is 0.370. The molecular formula is C6H18Si2. The fourth-order valence-electron chi connectivity index (χ4n) is 0.757. The Balaban J connectivity index is 2.86. The fraction of sp³-hybridized carbons (Fsp3) is 1.00. The summed E-state index contributed by atoms with van der Waals surface area (Å²) in [4.78, 5) is 0. The third-order valence-electron chi connectivity index (χ3n) is 1.75. The Morgan fingerprint density at radius 2 is 2.25 bits per heavy atom. The molecule has 0 N–H and O–H groups in total. The summed E-state index contributed by atoms with van der Waals surface area (Å²) in [6.45, 7) is 4.72. The van der Waals surface area contributed by atoms with Crippen LogP contribution in [0.3, 0.4) is 0 Å². The average Bonchev–Trinajstić information content (AvgIpc) is 1.83. The Kier molecular flexibility index (Phi) is 5.87. The molecule has 2 heteroatoms. The van der Waals surface area contributed by atoms with Crippen molar-refractivity contribution < 1.29 is 0 Å². The lowest BCUT2D eigenvalue weighted by molar-refractivity contribution is 0.865. The average molecular weight is 146 g/mol. The van der Waals surface area contributed by atoms with Gasteiger partial charge in [-0.2, -0.15) is 0 Å². The highest BCUT2D eigenvalue weighted by Gasteiger charge is 1.95. The lowest BCUT2D eigenvalue weighted by Gasteiger charge is -2.03. The minimum atomic E-state index is 0.370. The second-order valence-corrected chi connectivity index (χ2v) is 6.33. The summed E-state index contributed by atoms with van der Waals surface area (Å²) in [5.41, 5.74) is 1.11. The summed E-state index contributed by atoms with van der Waals surface area (Å²) >= 11 is 0. The van der Waals surface area contributed by atoms with Gasteiger partial charge in [0.2, 0.25) is 0 Å². The highest BCUT2D eigenvalue weighted by atomic mass is 28.2. The number of rotatable bonds is 4. The lowest BCUT2D eigenvalue weighted by Crippen LogP contribution is -1.96. The van der Waals surface area contributed by atoms with Crippen LogP contribution < -0.4 is 0 Å². The molecule has 1 atom stereocenters. The standard InChI is InChI=1S/C6H18Si2/c1-3-6(2)8-5-4-7/h6H,3-5,8H2,1-2,7H3. The molecule has 0 aliphatic rings. The smallest absolute Gasteiger partial charge is 0.0225 e. The normalized spacial score (nSPS) is 15.8. The van der Waals surface area contributed by atoms with E-state index in [1.54, 1.807) is 12.1 Å². The second-order valence-electron chi connectivity index (χ2n) is 2.66. The summed E-state index contributed by atoms with van der Waals surface area (Å²) in [7, 11) is 1.80. The number of hydrogen-bond acceptors (Lipinski definition) is 0. The molecular weight excluding hydrogens is 128 g/mol. The van der Waals surface area contributed by atoms with E-state index in [0.717, 1.165) is 5.54 Å². The van der Waals surface area contributed by atoms with Crippen molar-refractivity contribution in [3.63, 3.8) is 0 Å².